The Bertz CT molecular complexity index is 1090. The van der Waals surface area contributed by atoms with Crippen molar-refractivity contribution < 1.29 is 13.2 Å². The second kappa shape index (κ2) is 10.8. The second-order valence-corrected chi connectivity index (χ2v) is 10.5. The summed E-state index contributed by atoms with van der Waals surface area (Å²) >= 11 is 0. The highest BCUT2D eigenvalue weighted by Gasteiger charge is 2.29. The van der Waals surface area contributed by atoms with Gasteiger partial charge < -0.3 is 10.6 Å². The SMILES string of the molecule is O=C(CCCCCN=C1NS(=O)(=O)c2ccccc21)Nc1ccc(NCC2CCCC2)cc1. The van der Waals surface area contributed by atoms with Crippen molar-refractivity contribution in [3.05, 3.63) is 54.1 Å². The topological polar surface area (TPSA) is 99.7 Å². The van der Waals surface area contributed by atoms with E-state index in [2.05, 4.69) is 20.3 Å². The molecule has 0 aromatic heterocycles. The van der Waals surface area contributed by atoms with Gasteiger partial charge in [0.1, 0.15) is 5.84 Å². The van der Waals surface area contributed by atoms with Crippen molar-refractivity contribution in [1.29, 1.82) is 0 Å². The number of amidine groups is 1. The molecule has 0 saturated heterocycles. The molecule has 1 aliphatic carbocycles. The van der Waals surface area contributed by atoms with Crippen LogP contribution in [0.2, 0.25) is 0 Å². The maximum Gasteiger partial charge on any atom is 0.263 e. The summed E-state index contributed by atoms with van der Waals surface area (Å²) in [7, 11) is -3.49. The summed E-state index contributed by atoms with van der Waals surface area (Å²) in [4.78, 5) is 16.9. The zero-order valence-corrected chi connectivity index (χ0v) is 19.7. The maximum absolute atomic E-state index is 12.2. The monoisotopic (exact) mass is 468 g/mol. The molecule has 8 heteroatoms. The number of unbranched alkanes of at least 4 members (excludes halogenated alkanes) is 2. The average Bonchev–Trinajstić information content (AvgIpc) is 3.42. The molecule has 0 radical (unpaired) electrons. The third kappa shape index (κ3) is 6.35. The van der Waals surface area contributed by atoms with E-state index in [1.165, 1.54) is 25.7 Å². The number of hydrogen-bond donors (Lipinski definition) is 3. The van der Waals surface area contributed by atoms with E-state index in [0.29, 0.717) is 24.4 Å². The van der Waals surface area contributed by atoms with Crippen LogP contribution in [0.15, 0.2) is 58.4 Å². The fourth-order valence-electron chi connectivity index (χ4n) is 4.39. The van der Waals surface area contributed by atoms with E-state index in [1.54, 1.807) is 24.3 Å². The van der Waals surface area contributed by atoms with Crippen LogP contribution in [-0.4, -0.2) is 33.3 Å². The number of hydrogen-bond acceptors (Lipinski definition) is 5. The third-order valence-corrected chi connectivity index (χ3v) is 7.63. The van der Waals surface area contributed by atoms with Crippen LogP contribution in [0.1, 0.15) is 56.9 Å². The zero-order chi connectivity index (χ0) is 23.1. The number of benzene rings is 2. The lowest BCUT2D eigenvalue weighted by atomic mass is 10.1. The number of nitrogens with one attached hydrogen (secondary N) is 3. The fourth-order valence-corrected chi connectivity index (χ4v) is 5.64. The van der Waals surface area contributed by atoms with Gasteiger partial charge in [0.25, 0.3) is 10.0 Å². The third-order valence-electron chi connectivity index (χ3n) is 6.23. The van der Waals surface area contributed by atoms with Crippen LogP contribution in [0.25, 0.3) is 0 Å². The highest BCUT2D eigenvalue weighted by molar-refractivity contribution is 7.90. The Morgan fingerprint density at radius 1 is 0.970 bits per heavy atom. The first-order chi connectivity index (χ1) is 16.0. The van der Waals surface area contributed by atoms with E-state index in [0.717, 1.165) is 43.1 Å². The van der Waals surface area contributed by atoms with Gasteiger partial charge in [0.2, 0.25) is 5.91 Å². The lowest BCUT2D eigenvalue weighted by Crippen LogP contribution is -2.22. The molecule has 1 saturated carbocycles. The van der Waals surface area contributed by atoms with Crippen LogP contribution in [0.3, 0.4) is 0 Å². The number of aliphatic imine (C=N–C) groups is 1. The molecule has 0 bridgehead atoms. The smallest absolute Gasteiger partial charge is 0.263 e. The lowest BCUT2D eigenvalue weighted by Gasteiger charge is -2.12. The lowest BCUT2D eigenvalue weighted by molar-refractivity contribution is -0.116. The van der Waals surface area contributed by atoms with Crippen LogP contribution in [0.4, 0.5) is 11.4 Å². The number of nitrogens with zero attached hydrogens (tertiary/aromatic N) is 1. The molecule has 1 amide bonds. The minimum atomic E-state index is -3.49. The van der Waals surface area contributed by atoms with E-state index in [9.17, 15) is 13.2 Å². The molecule has 1 fully saturated rings. The number of fused-ring (bicyclic) bond motifs is 1. The summed E-state index contributed by atoms with van der Waals surface area (Å²) in [5, 5.41) is 6.44. The number of carbonyl (C=O) groups is 1. The molecular weight excluding hydrogens is 436 g/mol. The fraction of sp³-hybridized carbons (Fsp3) is 0.440. The normalized spacial score (nSPS) is 18.1. The van der Waals surface area contributed by atoms with Crippen LogP contribution >= 0.6 is 0 Å². The minimum Gasteiger partial charge on any atom is -0.385 e. The molecule has 2 aliphatic rings. The largest absolute Gasteiger partial charge is 0.385 e. The van der Waals surface area contributed by atoms with Crippen molar-refractivity contribution in [3.8, 4) is 0 Å². The van der Waals surface area contributed by atoms with E-state index in [-0.39, 0.29) is 10.8 Å². The van der Waals surface area contributed by atoms with Crippen molar-refractivity contribution >= 4 is 33.1 Å². The van der Waals surface area contributed by atoms with Crippen molar-refractivity contribution in [2.24, 2.45) is 10.9 Å². The molecule has 176 valence electrons. The second-order valence-electron chi connectivity index (χ2n) is 8.80. The predicted octanol–water partition coefficient (Wildman–Crippen LogP) is 4.53. The van der Waals surface area contributed by atoms with E-state index < -0.39 is 10.0 Å². The van der Waals surface area contributed by atoms with Gasteiger partial charge in [0.05, 0.1) is 4.90 Å². The Balaban J connectivity index is 1.13. The summed E-state index contributed by atoms with van der Waals surface area (Å²) in [6, 6.07) is 14.7. The molecule has 3 N–H and O–H groups in total. The van der Waals surface area contributed by atoms with Gasteiger partial charge in [-0.2, -0.15) is 0 Å². The average molecular weight is 469 g/mol. The quantitative estimate of drug-likeness (QED) is 0.446. The maximum atomic E-state index is 12.2. The number of carbonyl (C=O) groups excluding carboxylic acids is 1. The molecule has 0 spiro atoms. The first-order valence-corrected chi connectivity index (χ1v) is 13.3. The van der Waals surface area contributed by atoms with Gasteiger partial charge in [-0.15, -0.1) is 0 Å². The number of sulfonamides is 1. The molecule has 7 nitrogen and oxygen atoms in total. The Morgan fingerprint density at radius 3 is 2.48 bits per heavy atom. The van der Waals surface area contributed by atoms with Crippen molar-refractivity contribution in [2.75, 3.05) is 23.7 Å². The van der Waals surface area contributed by atoms with Gasteiger partial charge in [-0.3, -0.25) is 14.5 Å². The Hall–Kier alpha value is -2.87. The molecule has 1 heterocycles. The van der Waals surface area contributed by atoms with Crippen molar-refractivity contribution in [3.63, 3.8) is 0 Å². The molecular formula is C25H32N4O3S. The minimum absolute atomic E-state index is 0.00505. The Kier molecular flexibility index (Phi) is 7.65. The molecule has 2 aromatic carbocycles. The van der Waals surface area contributed by atoms with E-state index in [1.807, 2.05) is 24.3 Å². The van der Waals surface area contributed by atoms with Gasteiger partial charge >= 0.3 is 0 Å². The highest BCUT2D eigenvalue weighted by Crippen LogP contribution is 2.25. The van der Waals surface area contributed by atoms with Crippen LogP contribution < -0.4 is 15.4 Å². The molecule has 0 atom stereocenters. The molecule has 0 unspecified atom stereocenters. The van der Waals surface area contributed by atoms with Gasteiger partial charge in [0.15, 0.2) is 0 Å². The van der Waals surface area contributed by atoms with Crippen molar-refractivity contribution in [2.45, 2.75) is 56.3 Å². The summed E-state index contributed by atoms with van der Waals surface area (Å²) < 4.78 is 26.7. The summed E-state index contributed by atoms with van der Waals surface area (Å²) in [5.41, 5.74) is 2.52. The first kappa shape index (κ1) is 23.3. The number of rotatable bonds is 10. The van der Waals surface area contributed by atoms with Crippen LogP contribution in [0.5, 0.6) is 0 Å². The standard InChI is InChI=1S/C25H32N4O3S/c30-24(28-21-15-13-20(14-16-21)27-18-19-8-3-4-9-19)12-2-1-7-17-26-25-22-10-5-6-11-23(22)33(31,32)29-25/h5-6,10-11,13-16,19,27H,1-4,7-9,12,17-18H2,(H,26,29)(H,28,30). The summed E-state index contributed by atoms with van der Waals surface area (Å²) in [6.45, 7) is 1.54. The molecule has 1 aliphatic heterocycles. The number of amides is 1. The van der Waals surface area contributed by atoms with Gasteiger partial charge in [-0.25, -0.2) is 8.42 Å². The zero-order valence-electron chi connectivity index (χ0n) is 18.8. The van der Waals surface area contributed by atoms with Gasteiger partial charge in [-0.05, 0) is 68.0 Å². The highest BCUT2D eigenvalue weighted by atomic mass is 32.2. The van der Waals surface area contributed by atoms with Gasteiger partial charge in [-0.1, -0.05) is 31.4 Å². The molecule has 33 heavy (non-hydrogen) atoms. The van der Waals surface area contributed by atoms with Crippen LogP contribution in [0, 0.1) is 5.92 Å². The van der Waals surface area contributed by atoms with Crippen molar-refractivity contribution in [1.82, 2.24) is 4.72 Å². The Morgan fingerprint density at radius 2 is 1.70 bits per heavy atom. The summed E-state index contributed by atoms with van der Waals surface area (Å²) in [6.07, 6.45) is 8.20. The Labute approximate surface area is 196 Å². The molecule has 2 aromatic rings. The van der Waals surface area contributed by atoms with Gasteiger partial charge in [0, 0.05) is 36.4 Å². The molecule has 4 rings (SSSR count). The van der Waals surface area contributed by atoms with E-state index >= 15 is 0 Å². The first-order valence-electron chi connectivity index (χ1n) is 11.8. The van der Waals surface area contributed by atoms with Crippen LogP contribution in [-0.2, 0) is 14.8 Å². The summed E-state index contributed by atoms with van der Waals surface area (Å²) in [5.74, 6) is 1.20. The predicted molar refractivity (Wildman–Crippen MR) is 132 cm³/mol. The van der Waals surface area contributed by atoms with E-state index in [4.69, 9.17) is 0 Å². The number of anilines is 2.